The molecule has 0 unspecified atom stereocenters. The maximum atomic E-state index is 12.5. The first-order valence-corrected chi connectivity index (χ1v) is 7.79. The van der Waals surface area contributed by atoms with Gasteiger partial charge in [-0.2, -0.15) is 0 Å². The maximum absolute atomic E-state index is 12.5. The van der Waals surface area contributed by atoms with Crippen molar-refractivity contribution in [3.05, 3.63) is 59.7 Å². The minimum absolute atomic E-state index is 0.0670. The van der Waals surface area contributed by atoms with Crippen LogP contribution >= 0.6 is 0 Å². The molecule has 23 heavy (non-hydrogen) atoms. The van der Waals surface area contributed by atoms with Gasteiger partial charge >= 0.3 is 0 Å². The topological polar surface area (TPSA) is 47.6 Å². The molecule has 1 heterocycles. The normalized spacial score (nSPS) is 20.7. The molecular weight excluding hydrogens is 290 g/mol. The van der Waals surface area contributed by atoms with Gasteiger partial charge < -0.3 is 14.8 Å². The third kappa shape index (κ3) is 3.02. The van der Waals surface area contributed by atoms with Gasteiger partial charge in [0, 0.05) is 12.5 Å². The van der Waals surface area contributed by atoms with Crippen LogP contribution in [-0.2, 0) is 4.79 Å². The van der Waals surface area contributed by atoms with Crippen molar-refractivity contribution in [2.75, 3.05) is 20.8 Å². The summed E-state index contributed by atoms with van der Waals surface area (Å²) in [5.41, 5.74) is 2.15. The van der Waals surface area contributed by atoms with Gasteiger partial charge in [0.15, 0.2) is 11.5 Å². The average Bonchev–Trinajstić information content (AvgIpc) is 2.61. The van der Waals surface area contributed by atoms with E-state index in [-0.39, 0.29) is 17.7 Å². The molecular formula is C19H21NO3. The van der Waals surface area contributed by atoms with Gasteiger partial charge in [-0.3, -0.25) is 4.79 Å². The predicted molar refractivity (Wildman–Crippen MR) is 89.1 cm³/mol. The Morgan fingerprint density at radius 2 is 1.70 bits per heavy atom. The number of nitrogens with one attached hydrogen (secondary N) is 1. The van der Waals surface area contributed by atoms with Crippen molar-refractivity contribution < 1.29 is 14.3 Å². The standard InChI is InChI=1S/C19H21NO3/c1-22-16-9-8-14(12-17(16)23-2)18-15(10-11-20-19(18)21)13-6-4-3-5-7-13/h3-9,12,15,18H,10-11H2,1-2H3,(H,20,21)/t15-,18-/m0/s1. The highest BCUT2D eigenvalue weighted by Gasteiger charge is 2.34. The van der Waals surface area contributed by atoms with E-state index in [1.54, 1.807) is 14.2 Å². The Kier molecular flexibility index (Phi) is 4.51. The van der Waals surface area contributed by atoms with Gasteiger partial charge in [0.2, 0.25) is 5.91 Å². The van der Waals surface area contributed by atoms with Crippen LogP contribution in [0, 0.1) is 0 Å². The molecule has 1 aliphatic rings. The van der Waals surface area contributed by atoms with Gasteiger partial charge in [0.25, 0.3) is 0 Å². The number of carbonyl (C=O) groups is 1. The Hall–Kier alpha value is -2.49. The highest BCUT2D eigenvalue weighted by Crippen LogP contribution is 2.40. The summed E-state index contributed by atoms with van der Waals surface area (Å²) in [5, 5.41) is 2.99. The molecule has 0 bridgehead atoms. The lowest BCUT2D eigenvalue weighted by Gasteiger charge is -2.32. The minimum Gasteiger partial charge on any atom is -0.493 e. The molecule has 0 saturated carbocycles. The molecule has 3 rings (SSSR count). The van der Waals surface area contributed by atoms with Crippen molar-refractivity contribution >= 4 is 5.91 Å². The summed E-state index contributed by atoms with van der Waals surface area (Å²) in [6.45, 7) is 0.710. The molecule has 4 nitrogen and oxygen atoms in total. The number of carbonyl (C=O) groups excluding carboxylic acids is 1. The van der Waals surface area contributed by atoms with Gasteiger partial charge in [-0.25, -0.2) is 0 Å². The summed E-state index contributed by atoms with van der Waals surface area (Å²) in [4.78, 5) is 12.5. The second kappa shape index (κ2) is 6.73. The Bertz CT molecular complexity index is 684. The van der Waals surface area contributed by atoms with Crippen LogP contribution in [0.25, 0.3) is 0 Å². The quantitative estimate of drug-likeness (QED) is 0.944. The van der Waals surface area contributed by atoms with Crippen LogP contribution in [0.4, 0.5) is 0 Å². The molecule has 2 aromatic rings. The SMILES string of the molecule is COc1ccc([C@@H]2C(=O)NCC[C@H]2c2ccccc2)cc1OC. The summed E-state index contributed by atoms with van der Waals surface area (Å²) >= 11 is 0. The predicted octanol–water partition coefficient (Wildman–Crippen LogP) is 3.09. The van der Waals surface area contributed by atoms with E-state index in [9.17, 15) is 4.79 Å². The third-order valence-electron chi connectivity index (χ3n) is 4.43. The molecule has 1 fully saturated rings. The molecule has 0 radical (unpaired) electrons. The zero-order chi connectivity index (χ0) is 16.2. The lowest BCUT2D eigenvalue weighted by molar-refractivity contribution is -0.124. The summed E-state index contributed by atoms with van der Waals surface area (Å²) in [6, 6.07) is 15.9. The van der Waals surface area contributed by atoms with E-state index in [0.717, 1.165) is 12.0 Å². The minimum atomic E-state index is -0.217. The Morgan fingerprint density at radius 1 is 0.957 bits per heavy atom. The largest absolute Gasteiger partial charge is 0.493 e. The lowest BCUT2D eigenvalue weighted by atomic mass is 9.77. The van der Waals surface area contributed by atoms with Gasteiger partial charge in [-0.15, -0.1) is 0 Å². The summed E-state index contributed by atoms with van der Waals surface area (Å²) in [6.07, 6.45) is 0.925. The van der Waals surface area contributed by atoms with Crippen molar-refractivity contribution in [3.63, 3.8) is 0 Å². The second-order valence-corrected chi connectivity index (χ2v) is 5.69. The zero-order valence-corrected chi connectivity index (χ0v) is 13.4. The first-order chi connectivity index (χ1) is 11.2. The highest BCUT2D eigenvalue weighted by atomic mass is 16.5. The number of methoxy groups -OCH3 is 2. The van der Waals surface area contributed by atoms with Gasteiger partial charge in [-0.05, 0) is 29.7 Å². The Morgan fingerprint density at radius 3 is 2.39 bits per heavy atom. The van der Waals surface area contributed by atoms with Gasteiger partial charge in [0.05, 0.1) is 20.1 Å². The van der Waals surface area contributed by atoms with Crippen molar-refractivity contribution in [2.24, 2.45) is 0 Å². The van der Waals surface area contributed by atoms with Crippen molar-refractivity contribution in [3.8, 4) is 11.5 Å². The molecule has 0 aromatic heterocycles. The summed E-state index contributed by atoms with van der Waals surface area (Å²) < 4.78 is 10.7. The fourth-order valence-corrected chi connectivity index (χ4v) is 3.30. The molecule has 1 saturated heterocycles. The molecule has 4 heteroatoms. The summed E-state index contributed by atoms with van der Waals surface area (Å²) in [5.74, 6) is 1.34. The van der Waals surface area contributed by atoms with E-state index >= 15 is 0 Å². The lowest BCUT2D eigenvalue weighted by Crippen LogP contribution is -2.39. The van der Waals surface area contributed by atoms with Crippen LogP contribution in [0.5, 0.6) is 11.5 Å². The van der Waals surface area contributed by atoms with Crippen LogP contribution in [0.1, 0.15) is 29.4 Å². The molecule has 2 aromatic carbocycles. The molecule has 0 spiro atoms. The zero-order valence-electron chi connectivity index (χ0n) is 13.4. The summed E-state index contributed by atoms with van der Waals surface area (Å²) in [7, 11) is 3.22. The number of hydrogen-bond acceptors (Lipinski definition) is 3. The number of piperidine rings is 1. The van der Waals surface area contributed by atoms with Crippen molar-refractivity contribution in [2.45, 2.75) is 18.3 Å². The fourth-order valence-electron chi connectivity index (χ4n) is 3.30. The molecule has 1 amide bonds. The fraction of sp³-hybridized carbons (Fsp3) is 0.316. The van der Waals surface area contributed by atoms with E-state index in [2.05, 4.69) is 17.4 Å². The van der Waals surface area contributed by atoms with Crippen molar-refractivity contribution in [1.29, 1.82) is 0 Å². The van der Waals surface area contributed by atoms with E-state index < -0.39 is 0 Å². The molecule has 1 N–H and O–H groups in total. The smallest absolute Gasteiger partial charge is 0.228 e. The molecule has 2 atom stereocenters. The third-order valence-corrected chi connectivity index (χ3v) is 4.43. The number of amides is 1. The maximum Gasteiger partial charge on any atom is 0.228 e. The van der Waals surface area contributed by atoms with Crippen LogP contribution in [0.15, 0.2) is 48.5 Å². The number of rotatable bonds is 4. The van der Waals surface area contributed by atoms with E-state index in [1.807, 2.05) is 36.4 Å². The molecule has 0 aliphatic carbocycles. The van der Waals surface area contributed by atoms with Gasteiger partial charge in [0.1, 0.15) is 0 Å². The van der Waals surface area contributed by atoms with Crippen LogP contribution in [0.3, 0.4) is 0 Å². The highest BCUT2D eigenvalue weighted by molar-refractivity contribution is 5.86. The monoisotopic (exact) mass is 311 g/mol. The average molecular weight is 311 g/mol. The number of benzene rings is 2. The van der Waals surface area contributed by atoms with Crippen molar-refractivity contribution in [1.82, 2.24) is 5.32 Å². The van der Waals surface area contributed by atoms with Crippen LogP contribution < -0.4 is 14.8 Å². The molecule has 120 valence electrons. The van der Waals surface area contributed by atoms with Crippen LogP contribution in [0.2, 0.25) is 0 Å². The first kappa shape index (κ1) is 15.4. The Labute approximate surface area is 136 Å². The Balaban J connectivity index is 2.01. The van der Waals surface area contributed by atoms with Gasteiger partial charge in [-0.1, -0.05) is 36.4 Å². The molecule has 1 aliphatic heterocycles. The van der Waals surface area contributed by atoms with E-state index in [4.69, 9.17) is 9.47 Å². The van der Waals surface area contributed by atoms with Crippen LogP contribution in [-0.4, -0.2) is 26.7 Å². The van der Waals surface area contributed by atoms with E-state index in [0.29, 0.717) is 18.0 Å². The number of hydrogen-bond donors (Lipinski definition) is 1. The number of ether oxygens (including phenoxy) is 2. The van der Waals surface area contributed by atoms with E-state index in [1.165, 1.54) is 5.56 Å². The second-order valence-electron chi connectivity index (χ2n) is 5.69. The first-order valence-electron chi connectivity index (χ1n) is 7.79.